The molecule has 10 aromatic carbocycles. The number of benzene rings is 10. The Hall–Kier alpha value is -5.56. The fourth-order valence-corrected chi connectivity index (χ4v) is 13.8. The number of fused-ring (bicyclic) bond motifs is 4. The van der Waals surface area contributed by atoms with Crippen molar-refractivity contribution in [2.24, 2.45) is 0 Å². The molecule has 0 spiro atoms. The molecule has 0 N–H and O–H groups in total. The van der Waals surface area contributed by atoms with Crippen LogP contribution in [0.5, 0.6) is 0 Å². The van der Waals surface area contributed by atoms with Crippen molar-refractivity contribution in [1.29, 1.82) is 0 Å². The topological polar surface area (TPSA) is 0 Å². The van der Waals surface area contributed by atoms with Crippen molar-refractivity contribution in [3.8, 4) is 11.8 Å². The largest absolute Gasteiger partial charge is 1.00 e. The maximum absolute atomic E-state index is 7.28. The zero-order valence-corrected chi connectivity index (χ0v) is 38.7. The molecule has 0 unspecified atom stereocenters. The van der Waals surface area contributed by atoms with Crippen LogP contribution in [0.1, 0.15) is 11.1 Å². The minimum atomic E-state index is -1.14. The second kappa shape index (κ2) is 23.0. The van der Waals surface area contributed by atoms with Gasteiger partial charge >= 0.3 is 44.8 Å². The Kier molecular flexibility index (Phi) is 17.1. The zero-order chi connectivity index (χ0) is 40.9. The molecule has 0 fully saturated rings. The minimum Gasteiger partial charge on any atom is -0.366 e. The first-order valence-electron chi connectivity index (χ1n) is 20.0. The predicted octanol–water partition coefficient (Wildman–Crippen LogP) is 11.4. The number of hydrogen-bond donors (Lipinski definition) is 0. The molecule has 0 atom stereocenters. The third kappa shape index (κ3) is 10.7. The summed E-state index contributed by atoms with van der Waals surface area (Å²) in [5.74, 6) is 4.90. The molecular weight excluding hydrogens is 974 g/mol. The first-order chi connectivity index (χ1) is 29.7. The van der Waals surface area contributed by atoms with Gasteiger partial charge in [-0.25, -0.2) is 0 Å². The van der Waals surface area contributed by atoms with E-state index in [1.165, 1.54) is 48.0 Å². The molecule has 10 aromatic rings. The number of rotatable bonds is 6. The quantitative estimate of drug-likeness (QED) is 0.0512. The summed E-state index contributed by atoms with van der Waals surface area (Å²) in [6.45, 7) is 0. The molecule has 62 heavy (non-hydrogen) atoms. The minimum absolute atomic E-state index is 0. The van der Waals surface area contributed by atoms with Crippen LogP contribution in [0.2, 0.25) is 0 Å². The van der Waals surface area contributed by atoms with Crippen LogP contribution in [0.15, 0.2) is 243 Å². The summed E-state index contributed by atoms with van der Waals surface area (Å²) in [6, 6.07) is 85.8. The Morgan fingerprint density at radius 2 is 0.581 bits per heavy atom. The van der Waals surface area contributed by atoms with E-state index >= 15 is 0 Å². The van der Waals surface area contributed by atoms with Gasteiger partial charge in [0.15, 0.2) is 0 Å². The van der Waals surface area contributed by atoms with Crippen molar-refractivity contribution in [3.05, 3.63) is 267 Å². The molecule has 0 heterocycles. The normalized spacial score (nSPS) is 10.3. The van der Waals surface area contributed by atoms with Crippen molar-refractivity contribution in [2.45, 2.75) is 0 Å². The maximum atomic E-state index is 7.28. The van der Waals surface area contributed by atoms with E-state index in [4.69, 9.17) is 12.8 Å². The second-order valence-electron chi connectivity index (χ2n) is 14.2. The first kappa shape index (κ1) is 46.0. The van der Waals surface area contributed by atoms with Gasteiger partial charge in [0.25, 0.3) is 0 Å². The molecule has 0 nitrogen and oxygen atoms in total. The third-order valence-electron chi connectivity index (χ3n) is 10.6. The Labute approximate surface area is 400 Å². The summed E-state index contributed by atoms with van der Waals surface area (Å²) in [7, 11) is -2.28. The van der Waals surface area contributed by atoms with Gasteiger partial charge in [-0.15, -0.1) is 23.3 Å². The van der Waals surface area contributed by atoms with Crippen LogP contribution in [0.4, 0.5) is 0 Å². The number of hydrogen-bond acceptors (Lipinski definition) is 0. The average molecular weight is 1020 g/mol. The summed E-state index contributed by atoms with van der Waals surface area (Å²) in [6.07, 6.45) is 14.4. The van der Waals surface area contributed by atoms with Crippen LogP contribution in [-0.2, 0) is 44.8 Å². The molecule has 0 aliphatic heterocycles. The summed E-state index contributed by atoms with van der Waals surface area (Å²) in [5, 5.41) is 15.7. The van der Waals surface area contributed by atoms with E-state index in [0.717, 1.165) is 27.3 Å². The first-order valence-corrected chi connectivity index (χ1v) is 23.0. The fourth-order valence-electron chi connectivity index (χ4n) is 7.78. The molecule has 0 amide bonds. The van der Waals surface area contributed by atoms with Gasteiger partial charge in [-0.2, -0.15) is 0 Å². The van der Waals surface area contributed by atoms with Gasteiger partial charge in [-0.3, -0.25) is 11.8 Å². The molecule has 0 saturated carbocycles. The predicted molar refractivity (Wildman–Crippen MR) is 265 cm³/mol. The molecule has 10 rings (SSSR count). The van der Waals surface area contributed by atoms with Crippen molar-refractivity contribution < 1.29 is 44.8 Å². The van der Waals surface area contributed by atoms with Crippen LogP contribution < -0.4 is 31.8 Å². The van der Waals surface area contributed by atoms with E-state index in [1.54, 1.807) is 0 Å². The van der Waals surface area contributed by atoms with E-state index < -0.39 is 15.8 Å². The van der Waals surface area contributed by atoms with Gasteiger partial charge in [-0.05, 0) is 82.2 Å². The molecule has 0 radical (unpaired) electrons. The third-order valence-corrected chi connectivity index (χ3v) is 16.4. The molecule has 0 bridgehead atoms. The van der Waals surface area contributed by atoms with Crippen LogP contribution in [0.3, 0.4) is 0 Å². The van der Waals surface area contributed by atoms with Crippen LogP contribution in [-0.4, -0.2) is 0 Å². The van der Waals surface area contributed by atoms with Gasteiger partial charge in [0, 0.05) is 0 Å². The monoisotopic (exact) mass is 1010 g/mol. The molecule has 0 aromatic heterocycles. The van der Waals surface area contributed by atoms with Gasteiger partial charge < -0.3 is 12.8 Å². The van der Waals surface area contributed by atoms with Crippen molar-refractivity contribution >= 4 is 80.0 Å². The van der Waals surface area contributed by atoms with Crippen LogP contribution in [0, 0.1) is 24.7 Å². The Morgan fingerprint density at radius 3 is 1.03 bits per heavy atom. The maximum Gasteiger partial charge on any atom is 1.00 e. The standard InChI is InChI=1S/C30H24P2.C16H9.C12H7.2Ag/c1-5-15-25(16-6-1)31(26-17-7-2-8-18-26)29-23-13-14-24-30(29)32(27-19-9-3-10-20-27)28-21-11-4-12-22-28;1-2-12-7-5-9-16-14-8-4-3-6-13(14)10-11-15(12)16;1-2-10-7-5-8-11-6-3-4-9-12(10)11;;/h1-24H;3-11H;3-9H;;/q;2*-1;2*+1/p+2. The summed E-state index contributed by atoms with van der Waals surface area (Å²) in [5.41, 5.74) is 1.70. The van der Waals surface area contributed by atoms with Crippen molar-refractivity contribution in [1.82, 2.24) is 0 Å². The van der Waals surface area contributed by atoms with E-state index in [0.29, 0.717) is 0 Å². The molecule has 0 aliphatic rings. The summed E-state index contributed by atoms with van der Waals surface area (Å²) >= 11 is 0. The molecule has 0 aliphatic carbocycles. The smallest absolute Gasteiger partial charge is 0.366 e. The summed E-state index contributed by atoms with van der Waals surface area (Å²) < 4.78 is 0. The van der Waals surface area contributed by atoms with Gasteiger partial charge in [0.05, 0.1) is 0 Å². The van der Waals surface area contributed by atoms with Crippen molar-refractivity contribution in [3.63, 3.8) is 0 Å². The van der Waals surface area contributed by atoms with Crippen molar-refractivity contribution in [2.75, 3.05) is 0 Å². The van der Waals surface area contributed by atoms with Gasteiger partial charge in [0.2, 0.25) is 0 Å². The second-order valence-corrected chi connectivity index (χ2v) is 19.1. The van der Waals surface area contributed by atoms with Crippen LogP contribution >= 0.6 is 15.8 Å². The van der Waals surface area contributed by atoms with Gasteiger partial charge in [0.1, 0.15) is 47.7 Å². The Morgan fingerprint density at radius 1 is 0.258 bits per heavy atom. The van der Waals surface area contributed by atoms with E-state index in [-0.39, 0.29) is 44.8 Å². The SMILES string of the molecule is [Ag+].[Ag+].[C-]#Cc1cccc2c1ccc1ccccc12.[C-]#Cc1cccc2ccccc12.c1ccc([PH+](c2ccccc2)c2ccccc2[PH+](c2ccccc2)c2ccccc2)cc1. The molecule has 0 saturated heterocycles. The van der Waals surface area contributed by atoms with E-state index in [1.807, 2.05) is 66.7 Å². The van der Waals surface area contributed by atoms with E-state index in [2.05, 4.69) is 188 Å². The molecular formula is C58H42Ag2P2+2. The van der Waals surface area contributed by atoms with E-state index in [9.17, 15) is 0 Å². The fraction of sp³-hybridized carbons (Fsp3) is 0. The average Bonchev–Trinajstić information content (AvgIpc) is 3.33. The summed E-state index contributed by atoms with van der Waals surface area (Å²) in [4.78, 5) is 0. The molecule has 4 heteroatoms. The Bertz CT molecular complexity index is 2880. The zero-order valence-electron chi connectivity index (χ0n) is 33.7. The van der Waals surface area contributed by atoms with Gasteiger partial charge in [-0.1, -0.05) is 181 Å². The Balaban J connectivity index is 0.000000177. The molecule has 304 valence electrons. The van der Waals surface area contributed by atoms with Crippen LogP contribution in [0.25, 0.3) is 32.3 Å².